The van der Waals surface area contributed by atoms with Crippen LogP contribution in [-0.2, 0) is 0 Å². The maximum absolute atomic E-state index is 10.1. The number of rotatable bonds is 14. The zero-order valence-electron chi connectivity index (χ0n) is 20.3. The summed E-state index contributed by atoms with van der Waals surface area (Å²) in [6.45, 7) is 6.70. The minimum absolute atomic E-state index is 0.159. The van der Waals surface area contributed by atoms with Crippen LogP contribution in [0.4, 0.5) is 0 Å². The Bertz CT molecular complexity index is 871. The second-order valence-corrected chi connectivity index (χ2v) is 8.21. The van der Waals surface area contributed by atoms with Crippen LogP contribution in [0.3, 0.4) is 0 Å². The molecule has 0 saturated carbocycles. The van der Waals surface area contributed by atoms with Crippen molar-refractivity contribution in [3.05, 3.63) is 36.4 Å². The molecule has 0 aliphatic carbocycles. The van der Waals surface area contributed by atoms with Crippen molar-refractivity contribution in [1.82, 2.24) is 10.6 Å². The molecule has 3 rings (SSSR count). The van der Waals surface area contributed by atoms with Crippen LogP contribution in [0.25, 0.3) is 0 Å². The minimum atomic E-state index is -0.623. The number of fused-ring (bicyclic) bond motifs is 1. The first-order valence-corrected chi connectivity index (χ1v) is 11.5. The third-order valence-corrected chi connectivity index (χ3v) is 5.12. The largest absolute Gasteiger partial charge is 0.493 e. The Kier molecular flexibility index (Phi) is 9.93. The van der Waals surface area contributed by atoms with E-state index in [4.69, 9.17) is 28.4 Å². The van der Waals surface area contributed by atoms with Crippen molar-refractivity contribution in [2.24, 2.45) is 0 Å². The van der Waals surface area contributed by atoms with Gasteiger partial charge in [-0.3, -0.25) is 0 Å². The summed E-state index contributed by atoms with van der Waals surface area (Å²) in [6, 6.07) is 11.3. The zero-order valence-corrected chi connectivity index (χ0v) is 20.3. The lowest BCUT2D eigenvalue weighted by molar-refractivity contribution is 0.0746. The molecule has 0 bridgehead atoms. The molecule has 0 radical (unpaired) electrons. The lowest BCUT2D eigenvalue weighted by atomic mass is 10.2. The van der Waals surface area contributed by atoms with E-state index < -0.39 is 6.10 Å². The molecule has 2 unspecified atom stereocenters. The maximum atomic E-state index is 10.1. The number of aliphatic hydroxyl groups excluding tert-OH is 1. The maximum Gasteiger partial charge on any atom is 0.204 e. The second-order valence-electron chi connectivity index (χ2n) is 8.21. The first-order chi connectivity index (χ1) is 16.5. The Morgan fingerprint density at radius 2 is 1.74 bits per heavy atom. The fourth-order valence-electron chi connectivity index (χ4n) is 3.39. The molecular formula is C25H36N2O7. The summed E-state index contributed by atoms with van der Waals surface area (Å²) in [5.41, 5.74) is 0. The van der Waals surface area contributed by atoms with Crippen LogP contribution >= 0.6 is 0 Å². The third-order valence-electron chi connectivity index (χ3n) is 5.12. The van der Waals surface area contributed by atoms with Gasteiger partial charge in [-0.15, -0.1) is 0 Å². The average molecular weight is 477 g/mol. The summed E-state index contributed by atoms with van der Waals surface area (Å²) in [4.78, 5) is 0. The van der Waals surface area contributed by atoms with E-state index in [0.717, 1.165) is 0 Å². The number of nitrogens with one attached hydrogen (secondary N) is 2. The van der Waals surface area contributed by atoms with E-state index in [2.05, 4.69) is 10.6 Å². The monoisotopic (exact) mass is 476 g/mol. The van der Waals surface area contributed by atoms with Crippen LogP contribution in [0.2, 0.25) is 0 Å². The highest BCUT2D eigenvalue weighted by molar-refractivity contribution is 5.52. The molecule has 0 saturated heterocycles. The average Bonchev–Trinajstić information content (AvgIpc) is 2.85. The van der Waals surface area contributed by atoms with Gasteiger partial charge in [0, 0.05) is 25.7 Å². The Morgan fingerprint density at radius 3 is 2.44 bits per heavy atom. The van der Waals surface area contributed by atoms with E-state index >= 15 is 0 Å². The SMILES string of the molecule is COc1cccc(OC)c1OCCNCC1COc2cccc(OCC(O)CNC(C)C)c2O1. The quantitative estimate of drug-likeness (QED) is 0.355. The normalized spacial score (nSPS) is 15.6. The molecule has 1 aliphatic rings. The van der Waals surface area contributed by atoms with Crippen LogP contribution in [-0.4, -0.2) is 77.0 Å². The second kappa shape index (κ2) is 13.1. The Labute approximate surface area is 201 Å². The summed E-state index contributed by atoms with van der Waals surface area (Å²) in [5, 5.41) is 16.6. The Morgan fingerprint density at radius 1 is 1.03 bits per heavy atom. The van der Waals surface area contributed by atoms with Gasteiger partial charge in [-0.1, -0.05) is 26.0 Å². The molecule has 9 nitrogen and oxygen atoms in total. The highest BCUT2D eigenvalue weighted by Gasteiger charge is 2.24. The summed E-state index contributed by atoms with van der Waals surface area (Å²) >= 11 is 0. The number of para-hydroxylation sites is 2. The number of hydrogen-bond acceptors (Lipinski definition) is 9. The molecule has 3 N–H and O–H groups in total. The van der Waals surface area contributed by atoms with Crippen LogP contribution < -0.4 is 39.1 Å². The van der Waals surface area contributed by atoms with Gasteiger partial charge in [-0.2, -0.15) is 0 Å². The van der Waals surface area contributed by atoms with Gasteiger partial charge in [-0.05, 0) is 24.3 Å². The van der Waals surface area contributed by atoms with E-state index in [-0.39, 0.29) is 12.7 Å². The molecule has 1 heterocycles. The predicted octanol–water partition coefficient (Wildman–Crippen LogP) is 2.25. The summed E-state index contributed by atoms with van der Waals surface area (Å²) in [5.74, 6) is 3.57. The Balaban J connectivity index is 1.46. The molecule has 2 aromatic carbocycles. The molecule has 0 aromatic heterocycles. The summed E-state index contributed by atoms with van der Waals surface area (Å²) in [6.07, 6.45) is -0.812. The fourth-order valence-corrected chi connectivity index (χ4v) is 3.39. The summed E-state index contributed by atoms with van der Waals surface area (Å²) in [7, 11) is 3.19. The third kappa shape index (κ3) is 7.31. The van der Waals surface area contributed by atoms with Gasteiger partial charge in [0.05, 0.1) is 14.2 Å². The standard InChI is InChI=1S/C25H36N2O7/c1-17(2)27-13-18(28)15-32-22-9-6-10-23-25(22)34-19(16-33-23)14-26-11-12-31-24-20(29-3)7-5-8-21(24)30-4/h5-10,17-19,26-28H,11-16H2,1-4H3. The molecule has 0 amide bonds. The molecule has 9 heteroatoms. The van der Waals surface area contributed by atoms with E-state index in [1.807, 2.05) is 50.2 Å². The zero-order chi connectivity index (χ0) is 24.3. The molecule has 0 spiro atoms. The van der Waals surface area contributed by atoms with Crippen molar-refractivity contribution in [3.8, 4) is 34.5 Å². The van der Waals surface area contributed by atoms with Crippen LogP contribution in [0, 0.1) is 0 Å². The van der Waals surface area contributed by atoms with Crippen molar-refractivity contribution in [1.29, 1.82) is 0 Å². The molecule has 34 heavy (non-hydrogen) atoms. The lowest BCUT2D eigenvalue weighted by Crippen LogP contribution is -2.40. The molecule has 2 atom stereocenters. The van der Waals surface area contributed by atoms with Crippen molar-refractivity contribution < 1.29 is 33.5 Å². The molecular weight excluding hydrogens is 440 g/mol. The molecule has 1 aliphatic heterocycles. The number of aliphatic hydroxyl groups is 1. The van der Waals surface area contributed by atoms with Gasteiger partial charge in [0.1, 0.15) is 32.0 Å². The van der Waals surface area contributed by atoms with E-state index in [0.29, 0.717) is 73.4 Å². The van der Waals surface area contributed by atoms with Crippen molar-refractivity contribution >= 4 is 0 Å². The summed E-state index contributed by atoms with van der Waals surface area (Å²) < 4.78 is 34.4. The minimum Gasteiger partial charge on any atom is -0.493 e. The van der Waals surface area contributed by atoms with E-state index in [9.17, 15) is 5.11 Å². The fraction of sp³-hybridized carbons (Fsp3) is 0.520. The van der Waals surface area contributed by atoms with Crippen molar-refractivity contribution in [2.45, 2.75) is 32.1 Å². The van der Waals surface area contributed by atoms with Gasteiger partial charge in [0.15, 0.2) is 23.0 Å². The van der Waals surface area contributed by atoms with Gasteiger partial charge in [0.2, 0.25) is 11.5 Å². The number of benzene rings is 2. The lowest BCUT2D eigenvalue weighted by Gasteiger charge is -2.28. The molecule has 188 valence electrons. The van der Waals surface area contributed by atoms with Crippen LogP contribution in [0.5, 0.6) is 34.5 Å². The highest BCUT2D eigenvalue weighted by atomic mass is 16.6. The molecule has 2 aromatic rings. The van der Waals surface area contributed by atoms with Crippen LogP contribution in [0.1, 0.15) is 13.8 Å². The topological polar surface area (TPSA) is 99.7 Å². The van der Waals surface area contributed by atoms with Crippen molar-refractivity contribution in [2.75, 3.05) is 53.7 Å². The predicted molar refractivity (Wildman–Crippen MR) is 129 cm³/mol. The van der Waals surface area contributed by atoms with Gasteiger partial charge >= 0.3 is 0 Å². The Hall–Kier alpha value is -2.88. The number of hydrogen-bond donors (Lipinski definition) is 3. The first-order valence-electron chi connectivity index (χ1n) is 11.5. The highest BCUT2D eigenvalue weighted by Crippen LogP contribution is 2.40. The van der Waals surface area contributed by atoms with Crippen LogP contribution in [0.15, 0.2) is 36.4 Å². The number of ether oxygens (including phenoxy) is 6. The first kappa shape index (κ1) is 25.7. The number of methoxy groups -OCH3 is 2. The van der Waals surface area contributed by atoms with Gasteiger partial charge in [0.25, 0.3) is 0 Å². The molecule has 0 fully saturated rings. The van der Waals surface area contributed by atoms with Gasteiger partial charge < -0.3 is 44.2 Å². The van der Waals surface area contributed by atoms with Gasteiger partial charge in [-0.25, -0.2) is 0 Å². The smallest absolute Gasteiger partial charge is 0.204 e. The van der Waals surface area contributed by atoms with E-state index in [1.165, 1.54) is 0 Å². The van der Waals surface area contributed by atoms with Crippen molar-refractivity contribution in [3.63, 3.8) is 0 Å². The van der Waals surface area contributed by atoms with E-state index in [1.54, 1.807) is 14.2 Å².